The molecule has 1 aliphatic heterocycles. The van der Waals surface area contributed by atoms with Crippen LogP contribution in [-0.2, 0) is 14.8 Å². The van der Waals surface area contributed by atoms with Gasteiger partial charge in [0.05, 0.1) is 11.4 Å². The predicted molar refractivity (Wildman–Crippen MR) is 67.4 cm³/mol. The van der Waals surface area contributed by atoms with Gasteiger partial charge in [-0.3, -0.25) is 4.79 Å². The number of nitrogen functional groups attached to an aromatic ring is 1. The van der Waals surface area contributed by atoms with Gasteiger partial charge in [-0.2, -0.15) is 4.31 Å². The molecule has 1 aromatic rings. The van der Waals surface area contributed by atoms with Crippen LogP contribution >= 0.6 is 0 Å². The van der Waals surface area contributed by atoms with Crippen LogP contribution in [0.5, 0.6) is 0 Å². The van der Waals surface area contributed by atoms with Crippen molar-refractivity contribution in [1.29, 1.82) is 0 Å². The van der Waals surface area contributed by atoms with Gasteiger partial charge in [0.25, 0.3) is 0 Å². The summed E-state index contributed by atoms with van der Waals surface area (Å²) in [5.74, 6) is -0.286. The average molecular weight is 269 g/mol. The highest BCUT2D eigenvalue weighted by Gasteiger charge is 2.30. The Bertz CT molecular complexity index is 583. The SMILES string of the molecule is Cc1c(N)cccc1S(=O)(=O)N1CCNC(=O)C1. The van der Waals surface area contributed by atoms with E-state index in [0.717, 1.165) is 0 Å². The third-order valence-corrected chi connectivity index (χ3v) is 4.94. The molecular weight excluding hydrogens is 254 g/mol. The fourth-order valence-corrected chi connectivity index (χ4v) is 3.52. The zero-order valence-electron chi connectivity index (χ0n) is 10.0. The molecule has 98 valence electrons. The second-order valence-corrected chi connectivity index (χ2v) is 6.07. The summed E-state index contributed by atoms with van der Waals surface area (Å²) < 4.78 is 26.0. The molecule has 1 saturated heterocycles. The smallest absolute Gasteiger partial charge is 0.243 e. The van der Waals surface area contributed by atoms with Crippen LogP contribution in [0, 0.1) is 6.92 Å². The van der Waals surface area contributed by atoms with Crippen LogP contribution < -0.4 is 11.1 Å². The maximum atomic E-state index is 12.4. The monoisotopic (exact) mass is 269 g/mol. The van der Waals surface area contributed by atoms with Crippen LogP contribution in [0.1, 0.15) is 5.56 Å². The molecule has 1 aliphatic rings. The van der Waals surface area contributed by atoms with Crippen molar-refractivity contribution in [2.75, 3.05) is 25.4 Å². The van der Waals surface area contributed by atoms with E-state index in [9.17, 15) is 13.2 Å². The van der Waals surface area contributed by atoms with Crippen molar-refractivity contribution in [2.45, 2.75) is 11.8 Å². The molecular formula is C11H15N3O3S. The number of carbonyl (C=O) groups is 1. The number of carbonyl (C=O) groups excluding carboxylic acids is 1. The van der Waals surface area contributed by atoms with Crippen LogP contribution in [0.4, 0.5) is 5.69 Å². The largest absolute Gasteiger partial charge is 0.398 e. The summed E-state index contributed by atoms with van der Waals surface area (Å²) >= 11 is 0. The van der Waals surface area contributed by atoms with Gasteiger partial charge in [0.1, 0.15) is 0 Å². The lowest BCUT2D eigenvalue weighted by Gasteiger charge is -2.26. The van der Waals surface area contributed by atoms with Gasteiger partial charge in [0.2, 0.25) is 15.9 Å². The van der Waals surface area contributed by atoms with E-state index in [2.05, 4.69) is 5.32 Å². The topological polar surface area (TPSA) is 92.5 Å². The van der Waals surface area contributed by atoms with Crippen molar-refractivity contribution in [2.24, 2.45) is 0 Å². The molecule has 6 nitrogen and oxygen atoms in total. The minimum absolute atomic E-state index is 0.142. The van der Waals surface area contributed by atoms with E-state index in [1.807, 2.05) is 0 Å². The van der Waals surface area contributed by atoms with Crippen molar-refractivity contribution < 1.29 is 13.2 Å². The number of hydrogen-bond donors (Lipinski definition) is 2. The van der Waals surface area contributed by atoms with Crippen LogP contribution in [0.15, 0.2) is 23.1 Å². The molecule has 0 bridgehead atoms. The molecule has 0 radical (unpaired) electrons. The number of benzene rings is 1. The highest BCUT2D eigenvalue weighted by Crippen LogP contribution is 2.24. The summed E-state index contributed by atoms with van der Waals surface area (Å²) in [6.45, 7) is 2.13. The van der Waals surface area contributed by atoms with E-state index < -0.39 is 10.0 Å². The van der Waals surface area contributed by atoms with Gasteiger partial charge in [-0.25, -0.2) is 8.42 Å². The minimum Gasteiger partial charge on any atom is -0.398 e. The Labute approximate surface area is 106 Å². The first-order valence-electron chi connectivity index (χ1n) is 5.55. The highest BCUT2D eigenvalue weighted by atomic mass is 32.2. The van der Waals surface area contributed by atoms with Crippen LogP contribution in [0.2, 0.25) is 0 Å². The molecule has 0 saturated carbocycles. The number of sulfonamides is 1. The molecule has 2 rings (SSSR count). The van der Waals surface area contributed by atoms with Gasteiger partial charge in [-0.15, -0.1) is 0 Å². The lowest BCUT2D eigenvalue weighted by molar-refractivity contribution is -0.122. The Hall–Kier alpha value is -1.60. The molecule has 7 heteroatoms. The third kappa shape index (κ3) is 2.19. The maximum Gasteiger partial charge on any atom is 0.243 e. The van der Waals surface area contributed by atoms with Crippen LogP contribution in [0.25, 0.3) is 0 Å². The van der Waals surface area contributed by atoms with Crippen molar-refractivity contribution >= 4 is 21.6 Å². The summed E-state index contributed by atoms with van der Waals surface area (Å²) in [5.41, 5.74) is 6.66. The first kappa shape index (κ1) is 12.8. The van der Waals surface area contributed by atoms with Gasteiger partial charge in [-0.1, -0.05) is 6.07 Å². The van der Waals surface area contributed by atoms with Crippen molar-refractivity contribution in [3.63, 3.8) is 0 Å². The second kappa shape index (κ2) is 4.58. The molecule has 1 fully saturated rings. The van der Waals surface area contributed by atoms with E-state index in [1.54, 1.807) is 19.1 Å². The normalized spacial score (nSPS) is 17.5. The van der Waals surface area contributed by atoms with Gasteiger partial charge < -0.3 is 11.1 Å². The third-order valence-electron chi connectivity index (χ3n) is 2.95. The lowest BCUT2D eigenvalue weighted by Crippen LogP contribution is -2.49. The standard InChI is InChI=1S/C11H15N3O3S/c1-8-9(12)3-2-4-10(8)18(16,17)14-6-5-13-11(15)7-14/h2-4H,5-7,12H2,1H3,(H,13,15). The maximum absolute atomic E-state index is 12.4. The first-order chi connectivity index (χ1) is 8.43. The molecule has 3 N–H and O–H groups in total. The Morgan fingerprint density at radius 3 is 2.78 bits per heavy atom. The molecule has 0 aromatic heterocycles. The molecule has 0 unspecified atom stereocenters. The van der Waals surface area contributed by atoms with Crippen LogP contribution in [0.3, 0.4) is 0 Å². The van der Waals surface area contributed by atoms with E-state index in [1.165, 1.54) is 10.4 Å². The lowest BCUT2D eigenvalue weighted by atomic mass is 10.2. The summed E-state index contributed by atoms with van der Waals surface area (Å²) in [6, 6.07) is 4.75. The fourth-order valence-electron chi connectivity index (χ4n) is 1.87. The van der Waals surface area contributed by atoms with Gasteiger partial charge >= 0.3 is 0 Å². The minimum atomic E-state index is -3.66. The van der Waals surface area contributed by atoms with Crippen molar-refractivity contribution in [3.8, 4) is 0 Å². The van der Waals surface area contributed by atoms with Gasteiger partial charge in [0, 0.05) is 18.8 Å². The van der Waals surface area contributed by atoms with E-state index in [4.69, 9.17) is 5.73 Å². The first-order valence-corrected chi connectivity index (χ1v) is 6.99. The average Bonchev–Trinajstić information content (AvgIpc) is 2.32. The number of amides is 1. The van der Waals surface area contributed by atoms with Crippen LogP contribution in [-0.4, -0.2) is 38.3 Å². The van der Waals surface area contributed by atoms with E-state index in [-0.39, 0.29) is 23.9 Å². The van der Waals surface area contributed by atoms with Crippen molar-refractivity contribution in [3.05, 3.63) is 23.8 Å². The Morgan fingerprint density at radius 2 is 2.11 bits per heavy atom. The number of nitrogens with two attached hydrogens (primary N) is 1. The molecule has 0 atom stereocenters. The highest BCUT2D eigenvalue weighted by molar-refractivity contribution is 7.89. The Balaban J connectivity index is 2.42. The number of hydrogen-bond acceptors (Lipinski definition) is 4. The molecule has 1 amide bonds. The number of piperazine rings is 1. The Morgan fingerprint density at radius 1 is 1.39 bits per heavy atom. The van der Waals surface area contributed by atoms with E-state index in [0.29, 0.717) is 17.8 Å². The summed E-state index contributed by atoms with van der Waals surface area (Å²) in [5, 5.41) is 2.59. The fraction of sp³-hybridized carbons (Fsp3) is 0.364. The Kier molecular flexibility index (Phi) is 3.27. The quantitative estimate of drug-likeness (QED) is 0.721. The number of nitrogens with zero attached hydrogens (tertiary/aromatic N) is 1. The molecule has 1 heterocycles. The van der Waals surface area contributed by atoms with Crippen molar-refractivity contribution in [1.82, 2.24) is 9.62 Å². The summed E-state index contributed by atoms with van der Waals surface area (Å²) in [6.07, 6.45) is 0. The number of anilines is 1. The number of rotatable bonds is 2. The predicted octanol–water partition coefficient (Wildman–Crippen LogP) is -0.302. The zero-order valence-corrected chi connectivity index (χ0v) is 10.8. The van der Waals surface area contributed by atoms with Gasteiger partial charge in [-0.05, 0) is 24.6 Å². The summed E-state index contributed by atoms with van der Waals surface area (Å²) in [4.78, 5) is 11.4. The molecule has 18 heavy (non-hydrogen) atoms. The molecule has 1 aromatic carbocycles. The molecule has 0 aliphatic carbocycles. The summed E-state index contributed by atoms with van der Waals surface area (Å²) in [7, 11) is -3.66. The van der Waals surface area contributed by atoms with Gasteiger partial charge in [0.15, 0.2) is 0 Å². The van der Waals surface area contributed by atoms with E-state index >= 15 is 0 Å². The second-order valence-electron chi connectivity index (χ2n) is 4.16. The zero-order chi connectivity index (χ0) is 13.3. The number of nitrogens with one attached hydrogen (secondary N) is 1. The molecule has 0 spiro atoms.